The number of hydrogen-bond acceptors (Lipinski definition) is 7. The van der Waals surface area contributed by atoms with Crippen LogP contribution in [0.3, 0.4) is 0 Å². The topological polar surface area (TPSA) is 93.0 Å². The summed E-state index contributed by atoms with van der Waals surface area (Å²) in [5.41, 5.74) is 3.71. The average molecular weight is 290 g/mol. The van der Waals surface area contributed by atoms with Gasteiger partial charge in [-0.3, -0.25) is 4.79 Å². The van der Waals surface area contributed by atoms with Crippen molar-refractivity contribution in [3.8, 4) is 0 Å². The van der Waals surface area contributed by atoms with Gasteiger partial charge in [0.15, 0.2) is 5.82 Å². The van der Waals surface area contributed by atoms with Crippen molar-refractivity contribution in [1.29, 1.82) is 0 Å². The number of hydrazone groups is 1. The summed E-state index contributed by atoms with van der Waals surface area (Å²) in [6.45, 7) is 5.65. The molecule has 0 aliphatic rings. The van der Waals surface area contributed by atoms with Crippen molar-refractivity contribution in [2.24, 2.45) is 11.0 Å². The van der Waals surface area contributed by atoms with Crippen LogP contribution in [0, 0.1) is 12.8 Å². The fourth-order valence-electron chi connectivity index (χ4n) is 1.47. The molecule has 0 spiro atoms. The Morgan fingerprint density at radius 1 is 1.35 bits per heavy atom. The normalized spacial score (nSPS) is 11.7. The van der Waals surface area contributed by atoms with Crippen molar-refractivity contribution in [3.05, 3.63) is 34.9 Å². The fourth-order valence-corrected chi connectivity index (χ4v) is 2.02. The second-order valence-corrected chi connectivity index (χ2v) is 5.11. The second kappa shape index (κ2) is 6.29. The number of carbonyl (C=O) groups excluding carboxylic acids is 1. The van der Waals surface area contributed by atoms with E-state index in [9.17, 15) is 4.79 Å². The molecule has 0 aliphatic carbocycles. The molecule has 7 nitrogen and oxygen atoms in total. The van der Waals surface area contributed by atoms with Gasteiger partial charge in [0.2, 0.25) is 0 Å². The summed E-state index contributed by atoms with van der Waals surface area (Å²) < 4.78 is 3.72. The predicted molar refractivity (Wildman–Crippen MR) is 75.5 cm³/mol. The van der Waals surface area contributed by atoms with Crippen LogP contribution in [-0.4, -0.2) is 31.2 Å². The lowest BCUT2D eigenvalue weighted by Gasteiger charge is -2.08. The zero-order valence-corrected chi connectivity index (χ0v) is 12.2. The smallest absolute Gasteiger partial charge is 0.266 e. The molecular weight excluding hydrogens is 276 g/mol. The number of carbonyl (C=O) groups is 1. The quantitative estimate of drug-likeness (QED) is 0.679. The molecule has 2 aromatic heterocycles. The maximum absolute atomic E-state index is 12.0. The van der Waals surface area contributed by atoms with Gasteiger partial charge in [0, 0.05) is 18.3 Å². The lowest BCUT2D eigenvalue weighted by atomic mass is 10.1. The SMILES string of the molecule is Cc1nnsc1C(=O)N/N=C(/c1ncccn1)C(C)C. The molecule has 0 radical (unpaired) electrons. The molecule has 8 heteroatoms. The monoisotopic (exact) mass is 290 g/mol. The maximum Gasteiger partial charge on any atom is 0.285 e. The van der Waals surface area contributed by atoms with E-state index >= 15 is 0 Å². The molecule has 2 rings (SSSR count). The van der Waals surface area contributed by atoms with E-state index in [0.29, 0.717) is 22.1 Å². The van der Waals surface area contributed by atoms with Gasteiger partial charge in [-0.15, -0.1) is 5.10 Å². The Bertz CT molecular complexity index is 622. The summed E-state index contributed by atoms with van der Waals surface area (Å²) in [6, 6.07) is 1.73. The molecule has 0 unspecified atom stereocenters. The van der Waals surface area contributed by atoms with E-state index in [1.54, 1.807) is 25.4 Å². The van der Waals surface area contributed by atoms with E-state index < -0.39 is 0 Å². The Hall–Kier alpha value is -2.22. The van der Waals surface area contributed by atoms with Crippen molar-refractivity contribution < 1.29 is 4.79 Å². The van der Waals surface area contributed by atoms with E-state index in [0.717, 1.165) is 11.5 Å². The molecule has 0 saturated carbocycles. The molecule has 1 amide bonds. The highest BCUT2D eigenvalue weighted by atomic mass is 32.1. The van der Waals surface area contributed by atoms with Crippen molar-refractivity contribution in [2.45, 2.75) is 20.8 Å². The first-order valence-corrected chi connectivity index (χ1v) is 6.81. The Morgan fingerprint density at radius 3 is 2.60 bits per heavy atom. The molecule has 0 fully saturated rings. The first kappa shape index (κ1) is 14.2. The number of nitrogens with one attached hydrogen (secondary N) is 1. The van der Waals surface area contributed by atoms with Crippen molar-refractivity contribution in [1.82, 2.24) is 25.0 Å². The lowest BCUT2D eigenvalue weighted by molar-refractivity contribution is 0.0958. The third-order valence-electron chi connectivity index (χ3n) is 2.48. The molecule has 0 aliphatic heterocycles. The highest BCUT2D eigenvalue weighted by molar-refractivity contribution is 7.07. The van der Waals surface area contributed by atoms with Gasteiger partial charge >= 0.3 is 0 Å². The minimum Gasteiger partial charge on any atom is -0.266 e. The van der Waals surface area contributed by atoms with Gasteiger partial charge in [0.1, 0.15) is 10.6 Å². The third kappa shape index (κ3) is 3.21. The summed E-state index contributed by atoms with van der Waals surface area (Å²) in [6.07, 6.45) is 3.28. The first-order valence-electron chi connectivity index (χ1n) is 6.04. The molecule has 2 aromatic rings. The number of aromatic nitrogens is 4. The number of rotatable bonds is 4. The Labute approximate surface area is 120 Å². The van der Waals surface area contributed by atoms with E-state index in [-0.39, 0.29) is 11.8 Å². The first-order chi connectivity index (χ1) is 9.59. The number of hydrogen-bond donors (Lipinski definition) is 1. The Kier molecular flexibility index (Phi) is 4.46. The van der Waals surface area contributed by atoms with E-state index in [4.69, 9.17) is 0 Å². The van der Waals surface area contributed by atoms with Gasteiger partial charge in [-0.25, -0.2) is 15.4 Å². The third-order valence-corrected chi connectivity index (χ3v) is 3.30. The van der Waals surface area contributed by atoms with Gasteiger partial charge in [-0.2, -0.15) is 5.10 Å². The van der Waals surface area contributed by atoms with Gasteiger partial charge in [-0.1, -0.05) is 18.3 Å². The van der Waals surface area contributed by atoms with Crippen LogP contribution in [-0.2, 0) is 0 Å². The van der Waals surface area contributed by atoms with Crippen LogP contribution in [0.4, 0.5) is 0 Å². The standard InChI is InChI=1S/C12H14N6OS/c1-7(2)9(11-13-5-4-6-14-11)16-17-12(19)10-8(3)15-18-20-10/h4-7H,1-3H3,(H,17,19)/b16-9+. The summed E-state index contributed by atoms with van der Waals surface area (Å²) in [5, 5.41) is 7.93. The number of aryl methyl sites for hydroxylation is 1. The maximum atomic E-state index is 12.0. The highest BCUT2D eigenvalue weighted by Gasteiger charge is 2.15. The van der Waals surface area contributed by atoms with E-state index in [2.05, 4.69) is 30.1 Å². The zero-order chi connectivity index (χ0) is 14.5. The summed E-state index contributed by atoms with van der Waals surface area (Å²) in [4.78, 5) is 20.7. The van der Waals surface area contributed by atoms with Crippen LogP contribution >= 0.6 is 11.5 Å². The molecule has 0 saturated heterocycles. The van der Waals surface area contributed by atoms with Crippen LogP contribution in [0.5, 0.6) is 0 Å². The van der Waals surface area contributed by atoms with Crippen molar-refractivity contribution >= 4 is 23.2 Å². The molecular formula is C12H14N6OS. The summed E-state index contributed by atoms with van der Waals surface area (Å²) in [5.74, 6) is 0.256. The van der Waals surface area contributed by atoms with Crippen molar-refractivity contribution in [2.75, 3.05) is 0 Å². The molecule has 2 heterocycles. The van der Waals surface area contributed by atoms with Crippen LogP contribution in [0.1, 0.15) is 35.0 Å². The summed E-state index contributed by atoms with van der Waals surface area (Å²) >= 11 is 1.04. The molecule has 20 heavy (non-hydrogen) atoms. The van der Waals surface area contributed by atoms with Gasteiger partial charge < -0.3 is 0 Å². The van der Waals surface area contributed by atoms with Crippen molar-refractivity contribution in [3.63, 3.8) is 0 Å². The molecule has 0 atom stereocenters. The Morgan fingerprint density at radius 2 is 2.05 bits per heavy atom. The summed E-state index contributed by atoms with van der Waals surface area (Å²) in [7, 11) is 0. The molecule has 0 aromatic carbocycles. The second-order valence-electron chi connectivity index (χ2n) is 4.35. The zero-order valence-electron chi connectivity index (χ0n) is 11.4. The average Bonchev–Trinajstić information content (AvgIpc) is 2.86. The van der Waals surface area contributed by atoms with E-state index in [1.165, 1.54) is 0 Å². The minimum absolute atomic E-state index is 0.0818. The van der Waals surface area contributed by atoms with Gasteiger partial charge in [0.05, 0.1) is 5.69 Å². The highest BCUT2D eigenvalue weighted by Crippen LogP contribution is 2.09. The van der Waals surface area contributed by atoms with Crippen LogP contribution in [0.15, 0.2) is 23.6 Å². The Balaban J connectivity index is 2.19. The van der Waals surface area contributed by atoms with Gasteiger partial charge in [-0.05, 0) is 24.5 Å². The minimum atomic E-state index is -0.327. The van der Waals surface area contributed by atoms with E-state index in [1.807, 2.05) is 13.8 Å². The molecule has 0 bridgehead atoms. The number of amides is 1. The van der Waals surface area contributed by atoms with Crippen LogP contribution < -0.4 is 5.43 Å². The van der Waals surface area contributed by atoms with Crippen LogP contribution in [0.2, 0.25) is 0 Å². The fraction of sp³-hybridized carbons (Fsp3) is 0.333. The largest absolute Gasteiger partial charge is 0.285 e. The molecule has 104 valence electrons. The molecule has 1 N–H and O–H groups in total. The number of nitrogens with zero attached hydrogens (tertiary/aromatic N) is 5. The predicted octanol–water partition coefficient (Wildman–Crippen LogP) is 1.43. The lowest BCUT2D eigenvalue weighted by Crippen LogP contribution is -2.23. The van der Waals surface area contributed by atoms with Crippen LogP contribution in [0.25, 0.3) is 0 Å². The van der Waals surface area contributed by atoms with Gasteiger partial charge in [0.25, 0.3) is 5.91 Å².